The highest BCUT2D eigenvalue weighted by Gasteiger charge is 2.54. The summed E-state index contributed by atoms with van der Waals surface area (Å²) in [4.78, 5) is 9.99. The summed E-state index contributed by atoms with van der Waals surface area (Å²) < 4.78 is 25.4. The molecule has 0 amide bonds. The van der Waals surface area contributed by atoms with E-state index in [2.05, 4.69) is 0 Å². The number of carboxylic acids is 1. The number of carbonyl (C=O) groups is 1. The summed E-state index contributed by atoms with van der Waals surface area (Å²) in [5.41, 5.74) is -2.38. The van der Waals surface area contributed by atoms with E-state index in [1.807, 2.05) is 0 Å². The number of rotatable bonds is 2. The highest BCUT2D eigenvalue weighted by atomic mass is 19.3. The number of halogens is 2. The Kier molecular flexibility index (Phi) is 2.07. The molecule has 0 aliphatic heterocycles. The van der Waals surface area contributed by atoms with Crippen molar-refractivity contribution in [3.63, 3.8) is 0 Å². The van der Waals surface area contributed by atoms with Crippen LogP contribution in [0.4, 0.5) is 8.78 Å². The maximum Gasteiger partial charge on any atom is 0.315 e. The van der Waals surface area contributed by atoms with Gasteiger partial charge in [-0.2, -0.15) is 8.78 Å². The van der Waals surface area contributed by atoms with Gasteiger partial charge in [-0.3, -0.25) is 0 Å². The summed E-state index contributed by atoms with van der Waals surface area (Å²) in [6.07, 6.45) is 0.515. The molecular formula is C7H9F2O3-. The standard InChI is InChI=1S/C7H10F2O3/c8-7(9,5(10)11)6(12)3-1-2-4-6/h12H,1-4H2,(H,10,11)/p-1. The fourth-order valence-corrected chi connectivity index (χ4v) is 1.46. The van der Waals surface area contributed by atoms with Gasteiger partial charge in [0.1, 0.15) is 11.6 Å². The summed E-state index contributed by atoms with van der Waals surface area (Å²) >= 11 is 0. The fourth-order valence-electron chi connectivity index (χ4n) is 1.46. The summed E-state index contributed by atoms with van der Waals surface area (Å²) in [5, 5.41) is 19.2. The Hall–Kier alpha value is -0.710. The number of carbonyl (C=O) groups excluding carboxylic acids is 1. The molecule has 70 valence electrons. The van der Waals surface area contributed by atoms with Gasteiger partial charge >= 0.3 is 5.92 Å². The highest BCUT2D eigenvalue weighted by molar-refractivity contribution is 5.75. The van der Waals surface area contributed by atoms with Crippen molar-refractivity contribution in [1.29, 1.82) is 0 Å². The number of carboxylic acid groups (broad SMARTS) is 1. The van der Waals surface area contributed by atoms with Crippen LogP contribution in [-0.2, 0) is 4.79 Å². The van der Waals surface area contributed by atoms with E-state index >= 15 is 0 Å². The van der Waals surface area contributed by atoms with E-state index in [9.17, 15) is 23.8 Å². The van der Waals surface area contributed by atoms with Gasteiger partial charge in [0.15, 0.2) is 0 Å². The zero-order chi connectivity index (χ0) is 9.41. The molecule has 0 saturated heterocycles. The van der Waals surface area contributed by atoms with Crippen LogP contribution >= 0.6 is 0 Å². The molecule has 12 heavy (non-hydrogen) atoms. The first-order chi connectivity index (χ1) is 5.40. The second-order valence-corrected chi connectivity index (χ2v) is 3.10. The minimum atomic E-state index is -4.12. The van der Waals surface area contributed by atoms with Crippen LogP contribution in [0.1, 0.15) is 25.7 Å². The molecule has 0 unspecified atom stereocenters. The van der Waals surface area contributed by atoms with E-state index in [-0.39, 0.29) is 12.8 Å². The third-order valence-electron chi connectivity index (χ3n) is 2.27. The average molecular weight is 179 g/mol. The van der Waals surface area contributed by atoms with E-state index in [4.69, 9.17) is 0 Å². The van der Waals surface area contributed by atoms with Crippen molar-refractivity contribution in [2.45, 2.75) is 37.2 Å². The molecule has 1 rings (SSSR count). The second-order valence-electron chi connectivity index (χ2n) is 3.10. The molecule has 0 aromatic carbocycles. The van der Waals surface area contributed by atoms with Gasteiger partial charge in [-0.05, 0) is 12.8 Å². The topological polar surface area (TPSA) is 60.4 Å². The molecule has 1 aliphatic rings. The Morgan fingerprint density at radius 3 is 2.17 bits per heavy atom. The first kappa shape index (κ1) is 9.38. The molecule has 0 spiro atoms. The minimum absolute atomic E-state index is 0.173. The van der Waals surface area contributed by atoms with Gasteiger partial charge in [-0.1, -0.05) is 12.8 Å². The zero-order valence-corrected chi connectivity index (χ0v) is 6.35. The van der Waals surface area contributed by atoms with Crippen LogP contribution in [0.3, 0.4) is 0 Å². The molecule has 1 fully saturated rings. The van der Waals surface area contributed by atoms with E-state index in [1.165, 1.54) is 0 Å². The Balaban J connectivity index is 2.85. The van der Waals surface area contributed by atoms with Crippen molar-refractivity contribution in [2.75, 3.05) is 0 Å². The minimum Gasteiger partial charge on any atom is -0.544 e. The number of aliphatic carboxylic acids is 1. The van der Waals surface area contributed by atoms with Crippen molar-refractivity contribution < 1.29 is 23.8 Å². The van der Waals surface area contributed by atoms with Gasteiger partial charge in [0, 0.05) is 0 Å². The number of hydrogen-bond acceptors (Lipinski definition) is 3. The summed E-state index contributed by atoms with van der Waals surface area (Å²) in [5.74, 6) is -6.62. The van der Waals surface area contributed by atoms with Crippen molar-refractivity contribution in [1.82, 2.24) is 0 Å². The Labute approximate surface area is 68.0 Å². The van der Waals surface area contributed by atoms with Crippen LogP contribution in [0.5, 0.6) is 0 Å². The molecule has 0 aromatic heterocycles. The molecule has 3 nitrogen and oxygen atoms in total. The fraction of sp³-hybridized carbons (Fsp3) is 0.857. The lowest BCUT2D eigenvalue weighted by Gasteiger charge is -2.32. The molecule has 0 aromatic rings. The predicted octanol–water partition coefficient (Wildman–Crippen LogP) is -0.323. The molecule has 5 heteroatoms. The van der Waals surface area contributed by atoms with Crippen LogP contribution in [0.25, 0.3) is 0 Å². The summed E-state index contributed by atoms with van der Waals surface area (Å²) in [6, 6.07) is 0. The van der Waals surface area contributed by atoms with Gasteiger partial charge in [-0.25, -0.2) is 0 Å². The van der Waals surface area contributed by atoms with Crippen LogP contribution in [-0.4, -0.2) is 22.6 Å². The molecule has 1 saturated carbocycles. The molecule has 1 aliphatic carbocycles. The SMILES string of the molecule is O=C([O-])C(F)(F)C1(O)CCCC1. The molecular weight excluding hydrogens is 170 g/mol. The van der Waals surface area contributed by atoms with Crippen LogP contribution < -0.4 is 5.11 Å². The Morgan fingerprint density at radius 2 is 1.83 bits per heavy atom. The Bertz CT molecular complexity index is 197. The van der Waals surface area contributed by atoms with Gasteiger partial charge in [0.05, 0.1) is 0 Å². The van der Waals surface area contributed by atoms with E-state index in [0.29, 0.717) is 12.8 Å². The van der Waals surface area contributed by atoms with Gasteiger partial charge < -0.3 is 15.0 Å². The van der Waals surface area contributed by atoms with Crippen LogP contribution in [0.2, 0.25) is 0 Å². The van der Waals surface area contributed by atoms with Crippen LogP contribution in [0.15, 0.2) is 0 Å². The summed E-state index contributed by atoms with van der Waals surface area (Å²) in [6.45, 7) is 0. The molecule has 0 radical (unpaired) electrons. The second kappa shape index (κ2) is 2.65. The third kappa shape index (κ3) is 1.18. The lowest BCUT2D eigenvalue weighted by Crippen LogP contribution is -2.56. The first-order valence-corrected chi connectivity index (χ1v) is 3.72. The highest BCUT2D eigenvalue weighted by Crippen LogP contribution is 2.41. The largest absolute Gasteiger partial charge is 0.544 e. The van der Waals surface area contributed by atoms with E-state index in [0.717, 1.165) is 0 Å². The van der Waals surface area contributed by atoms with E-state index < -0.39 is 17.5 Å². The quantitative estimate of drug-likeness (QED) is 0.631. The molecule has 0 heterocycles. The first-order valence-electron chi connectivity index (χ1n) is 3.72. The molecule has 0 bridgehead atoms. The predicted molar refractivity (Wildman–Crippen MR) is 33.4 cm³/mol. The van der Waals surface area contributed by atoms with Gasteiger partial charge in [-0.15, -0.1) is 0 Å². The normalized spacial score (nSPS) is 22.6. The van der Waals surface area contributed by atoms with Crippen molar-refractivity contribution in [3.05, 3.63) is 0 Å². The van der Waals surface area contributed by atoms with Crippen molar-refractivity contribution >= 4 is 5.97 Å². The number of aliphatic hydroxyl groups is 1. The van der Waals surface area contributed by atoms with Gasteiger partial charge in [0.25, 0.3) is 0 Å². The lowest BCUT2D eigenvalue weighted by molar-refractivity contribution is -0.343. The average Bonchev–Trinajstić information content (AvgIpc) is 2.37. The third-order valence-corrected chi connectivity index (χ3v) is 2.27. The maximum absolute atomic E-state index is 12.7. The van der Waals surface area contributed by atoms with Gasteiger partial charge in [0.2, 0.25) is 0 Å². The molecule has 0 atom stereocenters. The monoisotopic (exact) mass is 179 g/mol. The smallest absolute Gasteiger partial charge is 0.315 e. The van der Waals surface area contributed by atoms with Crippen molar-refractivity contribution in [2.24, 2.45) is 0 Å². The van der Waals surface area contributed by atoms with Crippen molar-refractivity contribution in [3.8, 4) is 0 Å². The van der Waals surface area contributed by atoms with E-state index in [1.54, 1.807) is 0 Å². The number of alkyl halides is 2. The number of hydrogen-bond donors (Lipinski definition) is 1. The molecule has 1 N–H and O–H groups in total. The Morgan fingerprint density at radius 1 is 1.42 bits per heavy atom. The van der Waals surface area contributed by atoms with Crippen LogP contribution in [0, 0.1) is 0 Å². The maximum atomic E-state index is 12.7. The zero-order valence-electron chi connectivity index (χ0n) is 6.35. The lowest BCUT2D eigenvalue weighted by atomic mass is 9.94. The summed E-state index contributed by atoms with van der Waals surface area (Å²) in [7, 11) is 0.